The van der Waals surface area contributed by atoms with Gasteiger partial charge in [0.1, 0.15) is 5.75 Å². The summed E-state index contributed by atoms with van der Waals surface area (Å²) in [7, 11) is 0. The molecule has 1 fully saturated rings. The summed E-state index contributed by atoms with van der Waals surface area (Å²) in [5, 5.41) is 0. The van der Waals surface area contributed by atoms with Crippen LogP contribution in [0.15, 0.2) is 22.7 Å². The van der Waals surface area contributed by atoms with Gasteiger partial charge in [-0.1, -0.05) is 47.7 Å². The molecule has 1 atom stereocenters. The van der Waals surface area contributed by atoms with Gasteiger partial charge in [0.25, 0.3) is 0 Å². The molecule has 1 aliphatic carbocycles. The van der Waals surface area contributed by atoms with E-state index in [0.29, 0.717) is 11.4 Å². The molecule has 3 heteroatoms. The first-order valence-corrected chi connectivity index (χ1v) is 8.48. The van der Waals surface area contributed by atoms with Crippen LogP contribution in [0.3, 0.4) is 0 Å². The zero-order valence-corrected chi connectivity index (χ0v) is 14.0. The molecule has 0 saturated heterocycles. The Kier molecular flexibility index (Phi) is 5.56. The second kappa shape index (κ2) is 6.95. The minimum absolute atomic E-state index is 0.465. The van der Waals surface area contributed by atoms with Crippen molar-refractivity contribution in [2.45, 2.75) is 43.9 Å². The number of halogens is 2. The second-order valence-corrected chi connectivity index (χ2v) is 6.94. The molecule has 0 amide bonds. The third-order valence-electron chi connectivity index (χ3n) is 3.63. The third-order valence-corrected chi connectivity index (χ3v) is 5.15. The summed E-state index contributed by atoms with van der Waals surface area (Å²) in [6.07, 6.45) is 6.88. The van der Waals surface area contributed by atoms with Crippen LogP contribution in [0, 0.1) is 5.92 Å². The third kappa shape index (κ3) is 3.74. The molecule has 1 unspecified atom stereocenters. The minimum Gasteiger partial charge on any atom is -0.493 e. The Morgan fingerprint density at radius 1 is 1.33 bits per heavy atom. The van der Waals surface area contributed by atoms with E-state index in [1.54, 1.807) is 0 Å². The lowest BCUT2D eigenvalue weighted by Gasteiger charge is -2.16. The molecule has 0 spiro atoms. The summed E-state index contributed by atoms with van der Waals surface area (Å²) >= 11 is 7.42. The van der Waals surface area contributed by atoms with Gasteiger partial charge in [-0.3, -0.25) is 0 Å². The predicted octanol–water partition coefficient (Wildman–Crippen LogP) is 5.86. The zero-order chi connectivity index (χ0) is 13.0. The Bertz CT molecular complexity index is 386. The van der Waals surface area contributed by atoms with Gasteiger partial charge in [-0.15, -0.1) is 0 Å². The molecule has 1 aliphatic rings. The van der Waals surface area contributed by atoms with Crippen LogP contribution in [0.4, 0.5) is 0 Å². The molecule has 100 valence electrons. The summed E-state index contributed by atoms with van der Waals surface area (Å²) in [4.78, 5) is 0.465. The summed E-state index contributed by atoms with van der Waals surface area (Å²) in [6.45, 7) is 2.71. The van der Waals surface area contributed by atoms with Crippen LogP contribution in [0.2, 0.25) is 0 Å². The van der Waals surface area contributed by atoms with Gasteiger partial charge in [-0.25, -0.2) is 0 Å². The van der Waals surface area contributed by atoms with Gasteiger partial charge < -0.3 is 4.74 Å². The van der Waals surface area contributed by atoms with Crippen LogP contribution in [-0.2, 0) is 0 Å². The number of alkyl halides is 1. The van der Waals surface area contributed by atoms with Crippen molar-refractivity contribution in [3.05, 3.63) is 28.2 Å². The van der Waals surface area contributed by atoms with E-state index >= 15 is 0 Å². The Morgan fingerprint density at radius 3 is 2.67 bits per heavy atom. The average molecular weight is 376 g/mol. The van der Waals surface area contributed by atoms with Gasteiger partial charge in [0.2, 0.25) is 0 Å². The van der Waals surface area contributed by atoms with E-state index in [1.807, 2.05) is 6.92 Å². The first kappa shape index (κ1) is 14.4. The molecule has 0 aliphatic heterocycles. The summed E-state index contributed by atoms with van der Waals surface area (Å²) in [5.74, 6) is 1.83. The van der Waals surface area contributed by atoms with Crippen molar-refractivity contribution in [2.75, 3.05) is 6.61 Å². The van der Waals surface area contributed by atoms with Crippen LogP contribution in [-0.4, -0.2) is 6.61 Å². The lowest BCUT2D eigenvalue weighted by molar-refractivity contribution is 0.338. The maximum absolute atomic E-state index is 5.54. The van der Waals surface area contributed by atoms with Crippen molar-refractivity contribution in [1.29, 1.82) is 0 Å². The largest absolute Gasteiger partial charge is 0.493 e. The van der Waals surface area contributed by atoms with Crippen LogP contribution in [0.5, 0.6) is 5.75 Å². The van der Waals surface area contributed by atoms with Gasteiger partial charge in [0.15, 0.2) is 0 Å². The highest BCUT2D eigenvalue weighted by Gasteiger charge is 2.20. The van der Waals surface area contributed by atoms with Crippen molar-refractivity contribution < 1.29 is 4.74 Å². The maximum atomic E-state index is 5.54. The summed E-state index contributed by atoms with van der Waals surface area (Å²) < 4.78 is 6.60. The SMILES string of the molecule is CCOc1ccc(C(Br)CC2CCCC2)cc1Br. The molecule has 0 aromatic heterocycles. The molecule has 1 aromatic carbocycles. The first-order valence-electron chi connectivity index (χ1n) is 6.77. The number of rotatable bonds is 5. The Morgan fingerprint density at radius 2 is 2.06 bits per heavy atom. The molecule has 1 saturated carbocycles. The van der Waals surface area contributed by atoms with Gasteiger partial charge in [-0.05, 0) is 52.9 Å². The Hall–Kier alpha value is -0.0200. The van der Waals surface area contributed by atoms with Crippen LogP contribution < -0.4 is 4.74 Å². The predicted molar refractivity (Wildman–Crippen MR) is 83.6 cm³/mol. The quantitative estimate of drug-likeness (QED) is 0.585. The lowest BCUT2D eigenvalue weighted by atomic mass is 9.98. The maximum Gasteiger partial charge on any atom is 0.133 e. The number of benzene rings is 1. The van der Waals surface area contributed by atoms with Crippen molar-refractivity contribution in [1.82, 2.24) is 0 Å². The van der Waals surface area contributed by atoms with E-state index in [-0.39, 0.29) is 0 Å². The normalized spacial score (nSPS) is 17.9. The highest BCUT2D eigenvalue weighted by Crippen LogP contribution is 2.39. The molecule has 2 rings (SSSR count). The Labute approximate surface area is 127 Å². The standard InChI is InChI=1S/C15H20Br2O/c1-2-18-15-8-7-12(10-14(15)17)13(16)9-11-5-3-4-6-11/h7-8,10-11,13H,2-6,9H2,1H3. The fraction of sp³-hybridized carbons (Fsp3) is 0.600. The number of ether oxygens (including phenoxy) is 1. The number of hydrogen-bond donors (Lipinski definition) is 0. The Balaban J connectivity index is 2.01. The van der Waals surface area contributed by atoms with Gasteiger partial charge in [-0.2, -0.15) is 0 Å². The van der Waals surface area contributed by atoms with Crippen LogP contribution in [0.1, 0.15) is 49.4 Å². The first-order chi connectivity index (χ1) is 8.70. The lowest BCUT2D eigenvalue weighted by Crippen LogP contribution is -2.00. The molecular weight excluding hydrogens is 356 g/mol. The van der Waals surface area contributed by atoms with E-state index in [1.165, 1.54) is 37.7 Å². The minimum atomic E-state index is 0.465. The van der Waals surface area contributed by atoms with Crippen molar-refractivity contribution in [3.8, 4) is 5.75 Å². The molecule has 0 N–H and O–H groups in total. The molecule has 0 radical (unpaired) electrons. The smallest absolute Gasteiger partial charge is 0.133 e. The molecule has 1 aromatic rings. The van der Waals surface area contributed by atoms with Gasteiger partial charge in [0.05, 0.1) is 11.1 Å². The van der Waals surface area contributed by atoms with E-state index in [0.717, 1.165) is 16.1 Å². The highest BCUT2D eigenvalue weighted by molar-refractivity contribution is 9.10. The van der Waals surface area contributed by atoms with Crippen LogP contribution >= 0.6 is 31.9 Å². The summed E-state index contributed by atoms with van der Waals surface area (Å²) in [6, 6.07) is 6.41. The topological polar surface area (TPSA) is 9.23 Å². The monoisotopic (exact) mass is 374 g/mol. The molecule has 0 heterocycles. The molecule has 0 bridgehead atoms. The summed E-state index contributed by atoms with van der Waals surface area (Å²) in [5.41, 5.74) is 1.34. The van der Waals surface area contributed by atoms with Gasteiger partial charge >= 0.3 is 0 Å². The molecular formula is C15H20Br2O. The molecule has 18 heavy (non-hydrogen) atoms. The number of hydrogen-bond acceptors (Lipinski definition) is 1. The van der Waals surface area contributed by atoms with Crippen molar-refractivity contribution in [2.24, 2.45) is 5.92 Å². The van der Waals surface area contributed by atoms with Crippen molar-refractivity contribution >= 4 is 31.9 Å². The fourth-order valence-corrected chi connectivity index (χ4v) is 3.98. The second-order valence-electron chi connectivity index (χ2n) is 4.98. The average Bonchev–Trinajstić information content (AvgIpc) is 2.84. The van der Waals surface area contributed by atoms with Gasteiger partial charge in [0, 0.05) is 4.83 Å². The highest BCUT2D eigenvalue weighted by atomic mass is 79.9. The van der Waals surface area contributed by atoms with E-state index in [9.17, 15) is 0 Å². The van der Waals surface area contributed by atoms with E-state index in [4.69, 9.17) is 4.74 Å². The van der Waals surface area contributed by atoms with E-state index < -0.39 is 0 Å². The van der Waals surface area contributed by atoms with Crippen molar-refractivity contribution in [3.63, 3.8) is 0 Å². The van der Waals surface area contributed by atoms with Crippen LogP contribution in [0.25, 0.3) is 0 Å². The molecule has 1 nitrogen and oxygen atoms in total. The fourth-order valence-electron chi connectivity index (χ4n) is 2.66. The van der Waals surface area contributed by atoms with E-state index in [2.05, 4.69) is 50.1 Å². The zero-order valence-electron chi connectivity index (χ0n) is 10.8.